The number of ketones is 1. The van der Waals surface area contributed by atoms with Crippen LogP contribution in [0.2, 0.25) is 5.02 Å². The second-order valence-electron chi connectivity index (χ2n) is 8.70. The Morgan fingerprint density at radius 1 is 1.05 bits per heavy atom. The number of hydrogen-bond donors (Lipinski definition) is 1. The molecule has 3 aromatic carbocycles. The van der Waals surface area contributed by atoms with Crippen molar-refractivity contribution in [3.05, 3.63) is 108 Å². The lowest BCUT2D eigenvalue weighted by molar-refractivity contribution is -0.136. The summed E-state index contributed by atoms with van der Waals surface area (Å²) in [6.45, 7) is 2.10. The first-order valence-corrected chi connectivity index (χ1v) is 13.0. The molecule has 1 aliphatic carbocycles. The largest absolute Gasteiger partial charge is 0.493 e. The highest BCUT2D eigenvalue weighted by Gasteiger charge is 2.43. The minimum atomic E-state index is -0.708. The van der Waals surface area contributed by atoms with Crippen molar-refractivity contribution in [1.82, 2.24) is 5.32 Å². The molecule has 37 heavy (non-hydrogen) atoms. The summed E-state index contributed by atoms with van der Waals surface area (Å²) in [5.74, 6) is -0.597. The molecule has 0 spiro atoms. The zero-order valence-electron chi connectivity index (χ0n) is 20.4. The van der Waals surface area contributed by atoms with E-state index in [1.807, 2.05) is 42.5 Å². The van der Waals surface area contributed by atoms with Crippen molar-refractivity contribution in [2.24, 2.45) is 0 Å². The number of rotatable bonds is 6. The van der Waals surface area contributed by atoms with Crippen LogP contribution in [0.4, 0.5) is 0 Å². The van der Waals surface area contributed by atoms with Gasteiger partial charge in [0, 0.05) is 31.9 Å². The van der Waals surface area contributed by atoms with Crippen LogP contribution in [-0.4, -0.2) is 26.0 Å². The maximum Gasteiger partial charge on any atom is 0.336 e. The van der Waals surface area contributed by atoms with Gasteiger partial charge in [0.25, 0.3) is 0 Å². The first kappa shape index (κ1) is 25.4. The number of carbonyl (C=O) groups excluding carboxylic acids is 2. The average molecular weight is 628 g/mol. The molecular weight excluding hydrogens is 605 g/mol. The molecule has 8 heteroatoms. The van der Waals surface area contributed by atoms with Crippen LogP contribution in [-0.2, 0) is 16.1 Å². The summed E-state index contributed by atoms with van der Waals surface area (Å²) >= 11 is 8.98. The van der Waals surface area contributed by atoms with Crippen LogP contribution in [0.5, 0.6) is 11.5 Å². The summed E-state index contributed by atoms with van der Waals surface area (Å²) in [4.78, 5) is 26.6. The minimum absolute atomic E-state index is 0.147. The SMILES string of the molecule is COC(=O)C1=C(C)NC2=C(C(=O)c3ccccc32)[C@@H]1c1cc(Cl)c(OCc2ccc(I)cc2)c(OC)c1. The fraction of sp³-hybridized carbons (Fsp3) is 0.172. The molecule has 0 bridgehead atoms. The van der Waals surface area contributed by atoms with Gasteiger partial charge in [0.2, 0.25) is 0 Å². The van der Waals surface area contributed by atoms with E-state index in [0.717, 1.165) is 14.7 Å². The Kier molecular flexibility index (Phi) is 7.00. The third kappa shape index (κ3) is 4.51. The standard InChI is InChI=1S/C29H23ClINO5/c1-15-23(29(34)36-3)24(25-26(32-15)19-6-4-5-7-20(19)27(25)33)17-12-21(30)28(22(13-17)35-2)37-14-16-8-10-18(31)11-9-16/h4-13,24,32H,14H2,1-3H3/t24-/m1/s1. The number of Topliss-reactive ketones (excluding diaryl/α,β-unsaturated/α-hetero) is 1. The molecule has 6 nitrogen and oxygen atoms in total. The topological polar surface area (TPSA) is 73.9 Å². The molecular formula is C29H23ClINO5. The molecule has 1 N–H and O–H groups in total. The molecule has 188 valence electrons. The predicted octanol–water partition coefficient (Wildman–Crippen LogP) is 6.27. The van der Waals surface area contributed by atoms with Crippen molar-refractivity contribution in [2.75, 3.05) is 14.2 Å². The van der Waals surface area contributed by atoms with E-state index >= 15 is 0 Å². The third-order valence-corrected chi connectivity index (χ3v) is 7.54. The normalized spacial score (nSPS) is 16.2. The molecule has 0 unspecified atom stereocenters. The summed E-state index contributed by atoms with van der Waals surface area (Å²) in [6, 6.07) is 18.9. The number of ether oxygens (including phenoxy) is 3. The minimum Gasteiger partial charge on any atom is -0.493 e. The van der Waals surface area contributed by atoms with Crippen LogP contribution >= 0.6 is 34.2 Å². The van der Waals surface area contributed by atoms with Gasteiger partial charge in [-0.3, -0.25) is 4.79 Å². The summed E-state index contributed by atoms with van der Waals surface area (Å²) in [6.07, 6.45) is 0. The lowest BCUT2D eigenvalue weighted by Crippen LogP contribution is -2.29. The Morgan fingerprint density at radius 3 is 2.43 bits per heavy atom. The highest BCUT2D eigenvalue weighted by atomic mass is 127. The Morgan fingerprint density at radius 2 is 1.76 bits per heavy atom. The van der Waals surface area contributed by atoms with Gasteiger partial charge in [-0.1, -0.05) is 48.0 Å². The molecule has 2 aliphatic rings. The van der Waals surface area contributed by atoms with Crippen molar-refractivity contribution in [1.29, 1.82) is 0 Å². The van der Waals surface area contributed by atoms with Crippen LogP contribution in [0.25, 0.3) is 5.70 Å². The lowest BCUT2D eigenvalue weighted by atomic mass is 9.79. The molecule has 0 radical (unpaired) electrons. The number of fused-ring (bicyclic) bond motifs is 2. The predicted molar refractivity (Wildman–Crippen MR) is 150 cm³/mol. The van der Waals surface area contributed by atoms with E-state index in [0.29, 0.717) is 56.8 Å². The molecule has 5 rings (SSSR count). The van der Waals surface area contributed by atoms with Crippen LogP contribution in [0, 0.1) is 3.57 Å². The van der Waals surface area contributed by atoms with E-state index in [1.165, 1.54) is 14.2 Å². The number of benzene rings is 3. The van der Waals surface area contributed by atoms with Gasteiger partial charge < -0.3 is 19.5 Å². The molecule has 0 aromatic heterocycles. The van der Waals surface area contributed by atoms with Gasteiger partial charge in [-0.05, 0) is 64.9 Å². The molecule has 0 fully saturated rings. The lowest BCUT2D eigenvalue weighted by Gasteiger charge is -2.29. The van der Waals surface area contributed by atoms with Gasteiger partial charge >= 0.3 is 5.97 Å². The van der Waals surface area contributed by atoms with Crippen molar-refractivity contribution >= 4 is 51.6 Å². The van der Waals surface area contributed by atoms with Crippen LogP contribution in [0.15, 0.2) is 77.5 Å². The smallest absolute Gasteiger partial charge is 0.336 e. The van der Waals surface area contributed by atoms with E-state index in [2.05, 4.69) is 27.9 Å². The van der Waals surface area contributed by atoms with Gasteiger partial charge in [-0.25, -0.2) is 4.79 Å². The van der Waals surface area contributed by atoms with E-state index in [9.17, 15) is 9.59 Å². The van der Waals surface area contributed by atoms with Crippen LogP contribution in [0.1, 0.15) is 39.9 Å². The summed E-state index contributed by atoms with van der Waals surface area (Å²) < 4.78 is 18.0. The maximum atomic E-state index is 13.6. The average Bonchev–Trinajstić information content (AvgIpc) is 3.18. The number of methoxy groups -OCH3 is 2. The zero-order chi connectivity index (χ0) is 26.3. The fourth-order valence-corrected chi connectivity index (χ4v) is 5.46. The van der Waals surface area contributed by atoms with E-state index in [1.54, 1.807) is 25.1 Å². The monoisotopic (exact) mass is 627 g/mol. The number of allylic oxidation sites excluding steroid dienone is 2. The number of nitrogens with one attached hydrogen (secondary N) is 1. The highest BCUT2D eigenvalue weighted by molar-refractivity contribution is 14.1. The number of hydrogen-bond acceptors (Lipinski definition) is 6. The molecule has 0 saturated heterocycles. The Balaban J connectivity index is 1.60. The van der Waals surface area contributed by atoms with E-state index < -0.39 is 11.9 Å². The van der Waals surface area contributed by atoms with E-state index in [4.69, 9.17) is 25.8 Å². The fourth-order valence-electron chi connectivity index (χ4n) is 4.83. The molecule has 3 aromatic rings. The molecule has 1 atom stereocenters. The van der Waals surface area contributed by atoms with Gasteiger partial charge in [0.1, 0.15) is 6.61 Å². The Labute approximate surface area is 233 Å². The van der Waals surface area contributed by atoms with Crippen molar-refractivity contribution in [3.63, 3.8) is 0 Å². The Bertz CT molecular complexity index is 1490. The number of halogens is 2. The van der Waals surface area contributed by atoms with Gasteiger partial charge in [-0.15, -0.1) is 0 Å². The van der Waals surface area contributed by atoms with Gasteiger partial charge in [0.05, 0.1) is 30.5 Å². The highest BCUT2D eigenvalue weighted by Crippen LogP contribution is 2.49. The molecule has 0 saturated carbocycles. The second-order valence-corrected chi connectivity index (χ2v) is 10.4. The third-order valence-electron chi connectivity index (χ3n) is 6.54. The van der Waals surface area contributed by atoms with E-state index in [-0.39, 0.29) is 5.78 Å². The van der Waals surface area contributed by atoms with Crippen molar-refractivity contribution in [3.8, 4) is 11.5 Å². The first-order valence-electron chi connectivity index (χ1n) is 11.5. The Hall–Kier alpha value is -3.30. The zero-order valence-corrected chi connectivity index (χ0v) is 23.3. The summed E-state index contributed by atoms with van der Waals surface area (Å²) in [7, 11) is 2.85. The second kappa shape index (κ2) is 10.2. The quantitative estimate of drug-likeness (QED) is 0.257. The molecule has 0 amide bonds. The first-order chi connectivity index (χ1) is 17.8. The summed E-state index contributed by atoms with van der Waals surface area (Å²) in [5, 5.41) is 3.59. The number of esters is 1. The molecule has 1 heterocycles. The van der Waals surface area contributed by atoms with Gasteiger partial charge in [-0.2, -0.15) is 0 Å². The van der Waals surface area contributed by atoms with Crippen molar-refractivity contribution < 1.29 is 23.8 Å². The van der Waals surface area contributed by atoms with Gasteiger partial charge in [0.15, 0.2) is 17.3 Å². The maximum absolute atomic E-state index is 13.6. The summed E-state index contributed by atoms with van der Waals surface area (Å²) in [5.41, 5.74) is 5.09. The van der Waals surface area contributed by atoms with Crippen LogP contribution < -0.4 is 14.8 Å². The number of dihydropyridines is 1. The van der Waals surface area contributed by atoms with Crippen LogP contribution in [0.3, 0.4) is 0 Å². The number of carbonyl (C=O) groups is 2. The van der Waals surface area contributed by atoms with Crippen molar-refractivity contribution in [2.45, 2.75) is 19.4 Å². The molecule has 1 aliphatic heterocycles.